The maximum absolute atomic E-state index is 11.8. The summed E-state index contributed by atoms with van der Waals surface area (Å²) in [4.78, 5) is 11.8. The third kappa shape index (κ3) is 1.57. The van der Waals surface area contributed by atoms with Gasteiger partial charge in [-0.3, -0.25) is 9.48 Å². The van der Waals surface area contributed by atoms with Crippen molar-refractivity contribution in [2.45, 2.75) is 31.2 Å². The molecule has 1 aliphatic carbocycles. The molecular formula is C10H15N3O. The standard InChI is InChI=1S/C10H15N3O/c1-13-8(3-6-12-13)9(14)7-10(11)4-2-5-10/h3,6H,2,4-5,7,11H2,1H3. The minimum absolute atomic E-state index is 0.104. The summed E-state index contributed by atoms with van der Waals surface area (Å²) in [5.74, 6) is 0.104. The highest BCUT2D eigenvalue weighted by Gasteiger charge is 2.35. The molecule has 76 valence electrons. The predicted octanol–water partition coefficient (Wildman–Crippen LogP) is 0.874. The molecule has 0 spiro atoms. The lowest BCUT2D eigenvalue weighted by Crippen LogP contribution is -2.48. The van der Waals surface area contributed by atoms with Crippen molar-refractivity contribution in [3.63, 3.8) is 0 Å². The Morgan fingerprint density at radius 1 is 1.71 bits per heavy atom. The van der Waals surface area contributed by atoms with Gasteiger partial charge in [0.25, 0.3) is 0 Å². The fourth-order valence-corrected chi connectivity index (χ4v) is 1.87. The van der Waals surface area contributed by atoms with Crippen molar-refractivity contribution in [3.8, 4) is 0 Å². The van der Waals surface area contributed by atoms with Gasteiger partial charge in [0.15, 0.2) is 5.78 Å². The summed E-state index contributed by atoms with van der Waals surface area (Å²) >= 11 is 0. The van der Waals surface area contributed by atoms with E-state index in [1.165, 1.54) is 0 Å². The molecule has 1 fully saturated rings. The first kappa shape index (κ1) is 9.40. The van der Waals surface area contributed by atoms with E-state index in [0.717, 1.165) is 19.3 Å². The van der Waals surface area contributed by atoms with Gasteiger partial charge in [-0.15, -0.1) is 0 Å². The number of ketones is 1. The Morgan fingerprint density at radius 3 is 2.86 bits per heavy atom. The summed E-state index contributed by atoms with van der Waals surface area (Å²) in [6.45, 7) is 0. The molecule has 0 aliphatic heterocycles. The van der Waals surface area contributed by atoms with Crippen LogP contribution in [0.1, 0.15) is 36.2 Å². The van der Waals surface area contributed by atoms with Crippen molar-refractivity contribution in [2.75, 3.05) is 0 Å². The average molecular weight is 193 g/mol. The normalized spacial score (nSPS) is 19.0. The molecular weight excluding hydrogens is 178 g/mol. The van der Waals surface area contributed by atoms with Gasteiger partial charge in [-0.25, -0.2) is 0 Å². The number of hydrogen-bond acceptors (Lipinski definition) is 3. The molecule has 0 saturated heterocycles. The molecule has 1 aromatic heterocycles. The summed E-state index contributed by atoms with van der Waals surface area (Å²) in [6.07, 6.45) is 5.17. The summed E-state index contributed by atoms with van der Waals surface area (Å²) in [7, 11) is 1.77. The van der Waals surface area contributed by atoms with Gasteiger partial charge >= 0.3 is 0 Å². The van der Waals surface area contributed by atoms with Crippen LogP contribution in [0.15, 0.2) is 12.3 Å². The lowest BCUT2D eigenvalue weighted by molar-refractivity contribution is 0.0903. The van der Waals surface area contributed by atoms with E-state index < -0.39 is 0 Å². The first-order valence-electron chi connectivity index (χ1n) is 4.91. The van der Waals surface area contributed by atoms with Gasteiger partial charge in [0.1, 0.15) is 5.69 Å². The second-order valence-electron chi connectivity index (χ2n) is 4.16. The topological polar surface area (TPSA) is 60.9 Å². The smallest absolute Gasteiger partial charge is 0.182 e. The maximum Gasteiger partial charge on any atom is 0.182 e. The van der Waals surface area contributed by atoms with Gasteiger partial charge in [-0.2, -0.15) is 5.10 Å². The van der Waals surface area contributed by atoms with Crippen LogP contribution in [0.3, 0.4) is 0 Å². The molecule has 1 aromatic rings. The molecule has 1 saturated carbocycles. The van der Waals surface area contributed by atoms with Crippen LogP contribution in [-0.4, -0.2) is 21.1 Å². The van der Waals surface area contributed by atoms with Crippen molar-refractivity contribution in [1.29, 1.82) is 0 Å². The quantitative estimate of drug-likeness (QED) is 0.725. The van der Waals surface area contributed by atoms with E-state index in [2.05, 4.69) is 5.10 Å². The maximum atomic E-state index is 11.8. The van der Waals surface area contributed by atoms with Crippen LogP contribution >= 0.6 is 0 Å². The zero-order chi connectivity index (χ0) is 10.2. The predicted molar refractivity (Wildman–Crippen MR) is 52.9 cm³/mol. The van der Waals surface area contributed by atoms with Gasteiger partial charge in [-0.1, -0.05) is 0 Å². The Kier molecular flexibility index (Phi) is 2.15. The van der Waals surface area contributed by atoms with Crippen LogP contribution < -0.4 is 5.73 Å². The van der Waals surface area contributed by atoms with E-state index in [1.54, 1.807) is 24.0 Å². The van der Waals surface area contributed by atoms with E-state index in [9.17, 15) is 4.79 Å². The Bertz CT molecular complexity index is 352. The zero-order valence-electron chi connectivity index (χ0n) is 8.36. The number of carbonyl (C=O) groups excluding carboxylic acids is 1. The molecule has 1 aliphatic rings. The molecule has 0 aromatic carbocycles. The van der Waals surface area contributed by atoms with E-state index in [-0.39, 0.29) is 11.3 Å². The zero-order valence-corrected chi connectivity index (χ0v) is 8.36. The number of hydrogen-bond donors (Lipinski definition) is 1. The molecule has 0 radical (unpaired) electrons. The summed E-state index contributed by atoms with van der Waals surface area (Å²) in [6, 6.07) is 1.74. The van der Waals surface area contributed by atoms with Crippen LogP contribution in [0.4, 0.5) is 0 Å². The summed E-state index contributed by atoms with van der Waals surface area (Å²) in [5, 5.41) is 3.97. The average Bonchev–Trinajstić information content (AvgIpc) is 2.48. The lowest BCUT2D eigenvalue weighted by Gasteiger charge is -2.37. The second kappa shape index (κ2) is 3.20. The van der Waals surface area contributed by atoms with E-state index in [4.69, 9.17) is 5.73 Å². The highest BCUT2D eigenvalue weighted by Crippen LogP contribution is 2.32. The second-order valence-corrected chi connectivity index (χ2v) is 4.16. The summed E-state index contributed by atoms with van der Waals surface area (Å²) in [5.41, 5.74) is 6.43. The van der Waals surface area contributed by atoms with Crippen molar-refractivity contribution in [1.82, 2.24) is 9.78 Å². The first-order valence-corrected chi connectivity index (χ1v) is 4.91. The van der Waals surface area contributed by atoms with Crippen LogP contribution in [0, 0.1) is 0 Å². The van der Waals surface area contributed by atoms with Gasteiger partial charge in [0, 0.05) is 25.2 Å². The van der Waals surface area contributed by atoms with Crippen LogP contribution in [-0.2, 0) is 7.05 Å². The van der Waals surface area contributed by atoms with E-state index in [1.807, 2.05) is 0 Å². The molecule has 4 heteroatoms. The van der Waals surface area contributed by atoms with E-state index in [0.29, 0.717) is 12.1 Å². The molecule has 0 unspecified atom stereocenters. The number of aromatic nitrogens is 2. The van der Waals surface area contributed by atoms with Crippen LogP contribution in [0.2, 0.25) is 0 Å². The van der Waals surface area contributed by atoms with Crippen molar-refractivity contribution >= 4 is 5.78 Å². The van der Waals surface area contributed by atoms with Crippen LogP contribution in [0.25, 0.3) is 0 Å². The SMILES string of the molecule is Cn1nccc1C(=O)CC1(N)CCC1. The Labute approximate surface area is 83.1 Å². The molecule has 0 atom stereocenters. The highest BCUT2D eigenvalue weighted by atomic mass is 16.1. The fourth-order valence-electron chi connectivity index (χ4n) is 1.87. The minimum atomic E-state index is -0.235. The van der Waals surface area contributed by atoms with Gasteiger partial charge < -0.3 is 5.73 Å². The lowest BCUT2D eigenvalue weighted by atomic mass is 9.74. The Balaban J connectivity index is 2.06. The molecule has 0 bridgehead atoms. The fraction of sp³-hybridized carbons (Fsp3) is 0.600. The molecule has 2 N–H and O–H groups in total. The number of rotatable bonds is 3. The molecule has 2 rings (SSSR count). The largest absolute Gasteiger partial charge is 0.325 e. The summed E-state index contributed by atoms with van der Waals surface area (Å²) < 4.78 is 1.60. The minimum Gasteiger partial charge on any atom is -0.325 e. The third-order valence-corrected chi connectivity index (χ3v) is 2.97. The number of carbonyl (C=O) groups is 1. The highest BCUT2D eigenvalue weighted by molar-refractivity contribution is 5.95. The van der Waals surface area contributed by atoms with Crippen molar-refractivity contribution in [3.05, 3.63) is 18.0 Å². The monoisotopic (exact) mass is 193 g/mol. The number of Topliss-reactive ketones (excluding diaryl/α,β-unsaturated/α-hetero) is 1. The Morgan fingerprint density at radius 2 is 2.43 bits per heavy atom. The molecule has 4 nitrogen and oxygen atoms in total. The van der Waals surface area contributed by atoms with Crippen molar-refractivity contribution < 1.29 is 4.79 Å². The van der Waals surface area contributed by atoms with Crippen LogP contribution in [0.5, 0.6) is 0 Å². The number of nitrogens with zero attached hydrogens (tertiary/aromatic N) is 2. The number of nitrogens with two attached hydrogens (primary N) is 1. The molecule has 0 amide bonds. The first-order chi connectivity index (χ1) is 6.61. The third-order valence-electron chi connectivity index (χ3n) is 2.97. The van der Waals surface area contributed by atoms with Gasteiger partial charge in [0.2, 0.25) is 0 Å². The van der Waals surface area contributed by atoms with Gasteiger partial charge in [0.05, 0.1) is 0 Å². The Hall–Kier alpha value is -1.16. The van der Waals surface area contributed by atoms with Crippen molar-refractivity contribution in [2.24, 2.45) is 12.8 Å². The molecule has 14 heavy (non-hydrogen) atoms. The van der Waals surface area contributed by atoms with Gasteiger partial charge in [-0.05, 0) is 25.3 Å². The molecule has 1 heterocycles. The van der Waals surface area contributed by atoms with E-state index >= 15 is 0 Å². The number of aryl methyl sites for hydroxylation is 1.